The summed E-state index contributed by atoms with van der Waals surface area (Å²) < 4.78 is 0. The first kappa shape index (κ1) is 21.7. The molecule has 31 heavy (non-hydrogen) atoms. The summed E-state index contributed by atoms with van der Waals surface area (Å²) in [5, 5.41) is 12.9. The lowest BCUT2D eigenvalue weighted by Crippen LogP contribution is -2.54. The molecule has 0 spiro atoms. The van der Waals surface area contributed by atoms with Gasteiger partial charge in [-0.3, -0.25) is 0 Å². The van der Waals surface area contributed by atoms with Crippen molar-refractivity contribution < 1.29 is 5.11 Å². The molecular formula is C20H32N10O. The predicted molar refractivity (Wildman–Crippen MR) is 121 cm³/mol. The summed E-state index contributed by atoms with van der Waals surface area (Å²) in [6, 6.07) is 7.27. The number of nitrogens with one attached hydrogen (secondary N) is 1. The molecule has 4 atom stereocenters. The Morgan fingerprint density at radius 2 is 1.29 bits per heavy atom. The lowest BCUT2D eigenvalue weighted by molar-refractivity contribution is 0.282. The quantitative estimate of drug-likeness (QED) is 0.338. The second-order valence-corrected chi connectivity index (χ2v) is 8.52. The van der Waals surface area contributed by atoms with Gasteiger partial charge >= 0.3 is 0 Å². The first-order valence-electron chi connectivity index (χ1n) is 10.7. The molecule has 2 saturated heterocycles. The molecule has 1 aromatic carbocycles. The predicted octanol–water partition coefficient (Wildman–Crippen LogP) is -1.16. The summed E-state index contributed by atoms with van der Waals surface area (Å²) in [7, 11) is 0. The molecular weight excluding hydrogens is 396 g/mol. The molecule has 11 heteroatoms. The van der Waals surface area contributed by atoms with Gasteiger partial charge < -0.3 is 43.2 Å². The van der Waals surface area contributed by atoms with Gasteiger partial charge in [-0.05, 0) is 18.9 Å². The SMILES string of the molecule is N[C@@H]1C[C@H](N)CN(c2nc(Nc3ccccc3CO)nc(N3C[C@H](N)C[C@H](N)C3)n2)C1. The van der Waals surface area contributed by atoms with Crippen LogP contribution in [0.4, 0.5) is 23.5 Å². The molecule has 1 aromatic heterocycles. The number of para-hydroxylation sites is 1. The van der Waals surface area contributed by atoms with Gasteiger partial charge in [0, 0.05) is 61.6 Å². The maximum absolute atomic E-state index is 9.66. The van der Waals surface area contributed by atoms with Crippen LogP contribution in [0.5, 0.6) is 0 Å². The van der Waals surface area contributed by atoms with Crippen molar-refractivity contribution in [2.45, 2.75) is 43.6 Å². The Bertz CT molecular complexity index is 832. The monoisotopic (exact) mass is 428 g/mol. The summed E-state index contributed by atoms with van der Waals surface area (Å²) >= 11 is 0. The Hall–Kier alpha value is -2.57. The minimum atomic E-state index is -0.0976. The third kappa shape index (κ3) is 5.20. The molecule has 11 nitrogen and oxygen atoms in total. The van der Waals surface area contributed by atoms with Crippen LogP contribution in [-0.4, -0.2) is 70.4 Å². The number of nitrogens with two attached hydrogens (primary N) is 4. The average Bonchev–Trinajstić information content (AvgIpc) is 2.72. The lowest BCUT2D eigenvalue weighted by atomic mass is 10.0. The van der Waals surface area contributed by atoms with Crippen molar-refractivity contribution in [1.82, 2.24) is 15.0 Å². The van der Waals surface area contributed by atoms with Gasteiger partial charge in [-0.15, -0.1) is 0 Å². The highest BCUT2D eigenvalue weighted by Crippen LogP contribution is 2.25. The maximum atomic E-state index is 9.66. The Labute approximate surface area is 181 Å². The number of hydrogen-bond acceptors (Lipinski definition) is 11. The van der Waals surface area contributed by atoms with Gasteiger partial charge in [0.05, 0.1) is 6.61 Å². The molecule has 0 radical (unpaired) electrons. The van der Waals surface area contributed by atoms with E-state index in [1.54, 1.807) is 0 Å². The van der Waals surface area contributed by atoms with E-state index in [4.69, 9.17) is 27.9 Å². The lowest BCUT2D eigenvalue weighted by Gasteiger charge is -2.37. The molecule has 168 valence electrons. The number of aliphatic hydroxyl groups is 1. The highest BCUT2D eigenvalue weighted by atomic mass is 16.3. The third-order valence-corrected chi connectivity index (χ3v) is 5.64. The Kier molecular flexibility index (Phi) is 6.49. The molecule has 0 saturated carbocycles. The van der Waals surface area contributed by atoms with E-state index >= 15 is 0 Å². The molecule has 3 heterocycles. The minimum absolute atomic E-state index is 0.0488. The molecule has 0 aliphatic carbocycles. The number of benzene rings is 1. The zero-order chi connectivity index (χ0) is 22.0. The molecule has 2 aliphatic heterocycles. The number of piperidine rings is 2. The largest absolute Gasteiger partial charge is 0.392 e. The van der Waals surface area contributed by atoms with Crippen molar-refractivity contribution in [3.8, 4) is 0 Å². The number of hydrogen-bond donors (Lipinski definition) is 6. The second-order valence-electron chi connectivity index (χ2n) is 8.52. The van der Waals surface area contributed by atoms with E-state index in [2.05, 4.69) is 15.3 Å². The molecule has 10 N–H and O–H groups in total. The maximum Gasteiger partial charge on any atom is 0.233 e. The standard InChI is InChI=1S/C20H32N10O/c21-13-5-14(22)8-29(7-13)19-26-18(25-17-4-2-1-3-12(17)11-31)27-20(28-19)30-9-15(23)6-16(24)10-30/h1-4,13-16,31H,5-11,21-24H2,(H,25,26,27,28)/t13-,14+,15-,16+. The van der Waals surface area contributed by atoms with Crippen LogP contribution in [0, 0.1) is 0 Å². The van der Waals surface area contributed by atoms with Crippen LogP contribution < -0.4 is 38.1 Å². The fraction of sp³-hybridized carbons (Fsp3) is 0.550. The topological polar surface area (TPSA) is 181 Å². The van der Waals surface area contributed by atoms with Crippen LogP contribution >= 0.6 is 0 Å². The Balaban J connectivity index is 1.69. The second kappa shape index (κ2) is 9.28. The summed E-state index contributed by atoms with van der Waals surface area (Å²) in [5.41, 5.74) is 26.2. The van der Waals surface area contributed by atoms with E-state index in [0.717, 1.165) is 24.1 Å². The van der Waals surface area contributed by atoms with Crippen molar-refractivity contribution in [2.75, 3.05) is 41.3 Å². The molecule has 0 unspecified atom stereocenters. The molecule has 2 aromatic rings. The van der Waals surface area contributed by atoms with Gasteiger partial charge in [0.2, 0.25) is 17.8 Å². The van der Waals surface area contributed by atoms with E-state index in [0.29, 0.717) is 44.0 Å². The van der Waals surface area contributed by atoms with Gasteiger partial charge in [0.1, 0.15) is 0 Å². The first-order chi connectivity index (χ1) is 14.9. The van der Waals surface area contributed by atoms with E-state index in [9.17, 15) is 5.11 Å². The van der Waals surface area contributed by atoms with Gasteiger partial charge in [-0.25, -0.2) is 0 Å². The number of aliphatic hydroxyl groups excluding tert-OH is 1. The fourth-order valence-corrected chi connectivity index (χ4v) is 4.28. The molecule has 0 bridgehead atoms. The summed E-state index contributed by atoms with van der Waals surface area (Å²) in [6.07, 6.45) is 1.53. The van der Waals surface area contributed by atoms with E-state index in [-0.39, 0.29) is 30.8 Å². The van der Waals surface area contributed by atoms with Gasteiger partial charge in [0.25, 0.3) is 0 Å². The number of rotatable bonds is 5. The summed E-state index contributed by atoms with van der Waals surface area (Å²) in [6.45, 7) is 2.36. The number of anilines is 4. The smallest absolute Gasteiger partial charge is 0.233 e. The van der Waals surface area contributed by atoms with Crippen molar-refractivity contribution in [2.24, 2.45) is 22.9 Å². The van der Waals surface area contributed by atoms with Crippen molar-refractivity contribution in [3.05, 3.63) is 29.8 Å². The molecule has 4 rings (SSSR count). The van der Waals surface area contributed by atoms with Crippen molar-refractivity contribution >= 4 is 23.5 Å². The highest BCUT2D eigenvalue weighted by Gasteiger charge is 2.28. The Morgan fingerprint density at radius 3 is 1.77 bits per heavy atom. The fourth-order valence-electron chi connectivity index (χ4n) is 4.28. The highest BCUT2D eigenvalue weighted by molar-refractivity contribution is 5.60. The van der Waals surface area contributed by atoms with Gasteiger partial charge in [0.15, 0.2) is 0 Å². The zero-order valence-corrected chi connectivity index (χ0v) is 17.6. The van der Waals surface area contributed by atoms with Crippen LogP contribution in [0.3, 0.4) is 0 Å². The number of aromatic nitrogens is 3. The molecule has 2 fully saturated rings. The average molecular weight is 429 g/mol. The first-order valence-corrected chi connectivity index (χ1v) is 10.7. The van der Waals surface area contributed by atoms with E-state index < -0.39 is 0 Å². The van der Waals surface area contributed by atoms with Crippen LogP contribution in [0.15, 0.2) is 24.3 Å². The third-order valence-electron chi connectivity index (χ3n) is 5.64. The van der Waals surface area contributed by atoms with E-state index in [1.807, 2.05) is 34.1 Å². The van der Waals surface area contributed by atoms with Gasteiger partial charge in [-0.2, -0.15) is 15.0 Å². The Morgan fingerprint density at radius 1 is 0.806 bits per heavy atom. The summed E-state index contributed by atoms with van der Waals surface area (Å²) in [5.74, 6) is 1.39. The van der Waals surface area contributed by atoms with Crippen molar-refractivity contribution in [1.29, 1.82) is 0 Å². The van der Waals surface area contributed by atoms with E-state index in [1.165, 1.54) is 0 Å². The van der Waals surface area contributed by atoms with Crippen LogP contribution in [0.2, 0.25) is 0 Å². The number of nitrogens with zero attached hydrogens (tertiary/aromatic N) is 5. The zero-order valence-electron chi connectivity index (χ0n) is 17.6. The van der Waals surface area contributed by atoms with Crippen LogP contribution in [-0.2, 0) is 6.61 Å². The van der Waals surface area contributed by atoms with Gasteiger partial charge in [-0.1, -0.05) is 18.2 Å². The van der Waals surface area contributed by atoms with Crippen molar-refractivity contribution in [3.63, 3.8) is 0 Å². The van der Waals surface area contributed by atoms with Crippen LogP contribution in [0.25, 0.3) is 0 Å². The normalized spacial score (nSPS) is 26.7. The molecule has 2 aliphatic rings. The van der Waals surface area contributed by atoms with Crippen LogP contribution in [0.1, 0.15) is 18.4 Å². The summed E-state index contributed by atoms with van der Waals surface area (Å²) in [4.78, 5) is 18.0. The molecule has 0 amide bonds. The minimum Gasteiger partial charge on any atom is -0.392 e.